The molecule has 4 heteroatoms. The Bertz CT molecular complexity index is 362. The van der Waals surface area contributed by atoms with Crippen LogP contribution in [0.5, 0.6) is 0 Å². The van der Waals surface area contributed by atoms with Gasteiger partial charge in [0.15, 0.2) is 0 Å². The van der Waals surface area contributed by atoms with E-state index in [1.807, 2.05) is 0 Å². The molecule has 5 rings (SSSR count). The molecule has 1 aliphatic heterocycles. The summed E-state index contributed by atoms with van der Waals surface area (Å²) in [6.45, 7) is 4.51. The Balaban J connectivity index is 0.00000169. The van der Waals surface area contributed by atoms with Crippen LogP contribution in [0.4, 0.5) is 0 Å². The smallest absolute Gasteiger partial charge is 0.0900 e. The van der Waals surface area contributed by atoms with Gasteiger partial charge in [-0.25, -0.2) is 0 Å². The van der Waals surface area contributed by atoms with Crippen LogP contribution in [0.2, 0.25) is 0 Å². The van der Waals surface area contributed by atoms with E-state index in [4.69, 9.17) is 4.74 Å². The standard InChI is InChI=1S/C20H35NO2.ClH/c22-19(14-21-5-2-1-3-6-21)15-23-7-4-20-11-16-8-17(12-20)10-18(9-16)13-20;/h16-19,22H,1-15H2;1H/p-1. The van der Waals surface area contributed by atoms with E-state index in [1.54, 1.807) is 0 Å². The summed E-state index contributed by atoms with van der Waals surface area (Å²) in [5, 5.41) is 10.2. The number of rotatable bonds is 7. The van der Waals surface area contributed by atoms with Crippen LogP contribution < -0.4 is 12.4 Å². The average Bonchev–Trinajstić information content (AvgIpc) is 2.51. The zero-order chi connectivity index (χ0) is 15.7. The predicted octanol–water partition coefficient (Wildman–Crippen LogP) is 0.460. The molecule has 4 aliphatic carbocycles. The lowest BCUT2D eigenvalue weighted by molar-refractivity contribution is -0.0742. The zero-order valence-corrected chi connectivity index (χ0v) is 15.9. The number of aliphatic hydroxyl groups is 1. The molecule has 24 heavy (non-hydrogen) atoms. The van der Waals surface area contributed by atoms with E-state index < -0.39 is 0 Å². The molecule has 0 aromatic carbocycles. The first-order valence-corrected chi connectivity index (χ1v) is 10.2. The molecule has 1 saturated heterocycles. The van der Waals surface area contributed by atoms with Crippen LogP contribution in [0.15, 0.2) is 0 Å². The number of nitrogens with zero attached hydrogens (tertiary/aromatic N) is 1. The van der Waals surface area contributed by atoms with Gasteiger partial charge in [-0.15, -0.1) is 0 Å². The molecule has 0 aromatic heterocycles. The summed E-state index contributed by atoms with van der Waals surface area (Å²) in [6, 6.07) is 0. The van der Waals surface area contributed by atoms with E-state index in [9.17, 15) is 5.11 Å². The fraction of sp³-hybridized carbons (Fsp3) is 1.00. The van der Waals surface area contributed by atoms with Crippen molar-refractivity contribution in [2.24, 2.45) is 23.2 Å². The molecule has 140 valence electrons. The highest BCUT2D eigenvalue weighted by molar-refractivity contribution is 5.01. The van der Waals surface area contributed by atoms with Crippen LogP contribution in [0.1, 0.15) is 64.2 Å². The number of halogens is 1. The zero-order valence-electron chi connectivity index (χ0n) is 15.1. The van der Waals surface area contributed by atoms with Crippen molar-refractivity contribution in [1.29, 1.82) is 0 Å². The Hall–Kier alpha value is 0.170. The fourth-order valence-electron chi connectivity index (χ4n) is 6.60. The molecule has 1 unspecified atom stereocenters. The first kappa shape index (κ1) is 18.9. The van der Waals surface area contributed by atoms with Crippen LogP contribution in [-0.4, -0.2) is 49.0 Å². The van der Waals surface area contributed by atoms with Gasteiger partial charge < -0.3 is 27.2 Å². The average molecular weight is 357 g/mol. The van der Waals surface area contributed by atoms with Crippen molar-refractivity contribution in [3.05, 3.63) is 0 Å². The van der Waals surface area contributed by atoms with E-state index in [1.165, 1.54) is 64.2 Å². The van der Waals surface area contributed by atoms with E-state index >= 15 is 0 Å². The van der Waals surface area contributed by atoms with E-state index in [0.717, 1.165) is 44.0 Å². The summed E-state index contributed by atoms with van der Waals surface area (Å²) < 4.78 is 5.90. The summed E-state index contributed by atoms with van der Waals surface area (Å²) in [6.07, 6.45) is 13.9. The summed E-state index contributed by atoms with van der Waals surface area (Å²) in [5.74, 6) is 3.10. The van der Waals surface area contributed by atoms with Crippen LogP contribution in [-0.2, 0) is 4.74 Å². The maximum Gasteiger partial charge on any atom is 0.0900 e. The van der Waals surface area contributed by atoms with Gasteiger partial charge in [-0.05, 0) is 94.0 Å². The van der Waals surface area contributed by atoms with Gasteiger partial charge in [-0.2, -0.15) is 0 Å². The molecule has 5 aliphatic rings. The first-order chi connectivity index (χ1) is 11.2. The Morgan fingerprint density at radius 2 is 1.54 bits per heavy atom. The number of piperidine rings is 1. The molecule has 3 nitrogen and oxygen atoms in total. The second-order valence-electron chi connectivity index (χ2n) is 9.26. The van der Waals surface area contributed by atoms with Crippen molar-refractivity contribution in [3.63, 3.8) is 0 Å². The van der Waals surface area contributed by atoms with Crippen molar-refractivity contribution >= 4 is 0 Å². The van der Waals surface area contributed by atoms with Crippen LogP contribution in [0.25, 0.3) is 0 Å². The van der Waals surface area contributed by atoms with E-state index in [2.05, 4.69) is 4.90 Å². The first-order valence-electron chi connectivity index (χ1n) is 10.2. The molecule has 0 spiro atoms. The quantitative estimate of drug-likeness (QED) is 0.673. The minimum atomic E-state index is -0.301. The third-order valence-corrected chi connectivity index (χ3v) is 7.17. The van der Waals surface area contributed by atoms with Crippen molar-refractivity contribution in [2.45, 2.75) is 70.3 Å². The van der Waals surface area contributed by atoms with Gasteiger partial charge in [0.05, 0.1) is 12.7 Å². The Morgan fingerprint density at radius 1 is 0.958 bits per heavy atom. The van der Waals surface area contributed by atoms with E-state index in [0.29, 0.717) is 12.0 Å². The van der Waals surface area contributed by atoms with Crippen LogP contribution >= 0.6 is 0 Å². The highest BCUT2D eigenvalue weighted by Crippen LogP contribution is 2.61. The SMILES string of the molecule is OC(COCCC12CC3CC(CC(C3)C1)C2)CN1CCCCC1.[Cl-]. The third-order valence-electron chi connectivity index (χ3n) is 7.17. The van der Waals surface area contributed by atoms with Crippen molar-refractivity contribution in [2.75, 3.05) is 32.8 Å². The second kappa shape index (κ2) is 8.24. The predicted molar refractivity (Wildman–Crippen MR) is 92.3 cm³/mol. The Morgan fingerprint density at radius 3 is 2.12 bits per heavy atom. The minimum absolute atomic E-state index is 0. The maximum atomic E-state index is 10.2. The normalized spacial score (nSPS) is 39.6. The van der Waals surface area contributed by atoms with Crippen molar-refractivity contribution < 1.29 is 22.3 Å². The van der Waals surface area contributed by atoms with Gasteiger partial charge in [0.1, 0.15) is 0 Å². The highest BCUT2D eigenvalue weighted by Gasteiger charge is 2.50. The molecule has 4 saturated carbocycles. The molecule has 0 amide bonds. The highest BCUT2D eigenvalue weighted by atomic mass is 35.5. The van der Waals surface area contributed by atoms with Gasteiger partial charge >= 0.3 is 0 Å². The summed E-state index contributed by atoms with van der Waals surface area (Å²) in [4.78, 5) is 2.40. The number of ether oxygens (including phenoxy) is 1. The lowest BCUT2D eigenvalue weighted by Crippen LogP contribution is -3.00. The second-order valence-corrected chi connectivity index (χ2v) is 9.26. The number of likely N-dealkylation sites (tertiary alicyclic amines) is 1. The molecule has 1 atom stereocenters. The van der Waals surface area contributed by atoms with Crippen molar-refractivity contribution in [3.8, 4) is 0 Å². The third kappa shape index (κ3) is 4.47. The summed E-state index contributed by atoms with van der Waals surface area (Å²) in [7, 11) is 0. The van der Waals surface area contributed by atoms with Gasteiger partial charge in [0, 0.05) is 13.2 Å². The van der Waals surface area contributed by atoms with Gasteiger partial charge in [-0.1, -0.05) is 6.42 Å². The molecule has 1 N–H and O–H groups in total. The molecular formula is C20H35ClNO2-. The molecule has 0 aromatic rings. The molecule has 0 radical (unpaired) electrons. The number of hydrogen-bond acceptors (Lipinski definition) is 3. The largest absolute Gasteiger partial charge is 1.00 e. The Kier molecular flexibility index (Phi) is 6.51. The number of aliphatic hydroxyl groups excluding tert-OH is 1. The summed E-state index contributed by atoms with van der Waals surface area (Å²) >= 11 is 0. The van der Waals surface area contributed by atoms with Crippen molar-refractivity contribution in [1.82, 2.24) is 4.90 Å². The molecular weight excluding hydrogens is 322 g/mol. The Labute approximate surface area is 153 Å². The monoisotopic (exact) mass is 356 g/mol. The molecule has 1 heterocycles. The number of hydrogen-bond donors (Lipinski definition) is 1. The number of β-amino-alcohol motifs (C(OH)–C–C–N with tert-alkyl or cyclic N) is 1. The lowest BCUT2D eigenvalue weighted by atomic mass is 9.49. The molecule has 5 fully saturated rings. The van der Waals surface area contributed by atoms with E-state index in [-0.39, 0.29) is 18.5 Å². The lowest BCUT2D eigenvalue weighted by Gasteiger charge is -2.57. The minimum Gasteiger partial charge on any atom is -1.00 e. The van der Waals surface area contributed by atoms with Crippen LogP contribution in [0, 0.1) is 23.2 Å². The van der Waals surface area contributed by atoms with Gasteiger partial charge in [0.2, 0.25) is 0 Å². The maximum absolute atomic E-state index is 10.2. The summed E-state index contributed by atoms with van der Waals surface area (Å²) in [5.41, 5.74) is 0.618. The molecule has 4 bridgehead atoms. The van der Waals surface area contributed by atoms with Gasteiger partial charge in [-0.3, -0.25) is 0 Å². The van der Waals surface area contributed by atoms with Gasteiger partial charge in [0.25, 0.3) is 0 Å². The van der Waals surface area contributed by atoms with Crippen LogP contribution in [0.3, 0.4) is 0 Å². The fourth-order valence-corrected chi connectivity index (χ4v) is 6.60. The topological polar surface area (TPSA) is 32.7 Å².